The van der Waals surface area contributed by atoms with E-state index in [0.717, 1.165) is 6.54 Å². The molecule has 0 spiro atoms. The highest BCUT2D eigenvalue weighted by atomic mass is 32.1. The number of nitrogens with two attached hydrogens (primary N) is 1. The summed E-state index contributed by atoms with van der Waals surface area (Å²) < 4.78 is 26.5. The molecular weight excluding hydrogens is 521 g/mol. The van der Waals surface area contributed by atoms with Crippen LogP contribution in [0.1, 0.15) is 24.5 Å². The number of nitrogens with one attached hydrogen (secondary N) is 1. The number of hydrogen-bond acceptors (Lipinski definition) is 7. The third-order valence-corrected chi connectivity index (χ3v) is 7.44. The molecule has 210 valence electrons. The molecule has 2 heterocycles. The highest BCUT2D eigenvalue weighted by Crippen LogP contribution is 2.37. The zero-order valence-corrected chi connectivity index (χ0v) is 23.4. The van der Waals surface area contributed by atoms with E-state index in [-0.39, 0.29) is 29.7 Å². The number of anilines is 1. The number of rotatable bonds is 10. The maximum Gasteiger partial charge on any atom is 0.407 e. The Hall–Kier alpha value is -3.44. The molecule has 0 bridgehead atoms. The minimum atomic E-state index is -0.776. The van der Waals surface area contributed by atoms with Crippen molar-refractivity contribution in [2.45, 2.75) is 31.4 Å². The zero-order valence-electron chi connectivity index (χ0n) is 22.6. The van der Waals surface area contributed by atoms with Gasteiger partial charge in [-0.3, -0.25) is 4.79 Å². The number of halogens is 1. The Morgan fingerprint density at radius 1 is 1.21 bits per heavy atom. The van der Waals surface area contributed by atoms with Gasteiger partial charge in [-0.1, -0.05) is 37.3 Å². The zero-order chi connectivity index (χ0) is 28.2. The summed E-state index contributed by atoms with van der Waals surface area (Å²) in [6.45, 7) is 4.88. The van der Waals surface area contributed by atoms with Crippen LogP contribution >= 0.6 is 12.2 Å². The number of carbonyl (C=O) groups is 2. The van der Waals surface area contributed by atoms with Crippen LogP contribution in [0.15, 0.2) is 42.5 Å². The van der Waals surface area contributed by atoms with E-state index in [9.17, 15) is 9.59 Å². The van der Waals surface area contributed by atoms with Gasteiger partial charge in [-0.15, -0.1) is 0 Å². The van der Waals surface area contributed by atoms with Gasteiger partial charge in [0.15, 0.2) is 6.61 Å². The number of ether oxygens (including phenoxy) is 2. The first-order valence-electron chi connectivity index (χ1n) is 13.0. The third kappa shape index (κ3) is 6.96. The van der Waals surface area contributed by atoms with Gasteiger partial charge in [0, 0.05) is 44.6 Å². The highest BCUT2D eigenvalue weighted by Gasteiger charge is 2.43. The van der Waals surface area contributed by atoms with Gasteiger partial charge in [0.25, 0.3) is 5.91 Å². The van der Waals surface area contributed by atoms with Crippen LogP contribution in [0, 0.1) is 5.82 Å². The van der Waals surface area contributed by atoms with Crippen molar-refractivity contribution in [3.63, 3.8) is 0 Å². The molecule has 0 saturated carbocycles. The Balaban J connectivity index is 1.34. The van der Waals surface area contributed by atoms with E-state index in [1.807, 2.05) is 56.3 Å². The predicted octanol–water partition coefficient (Wildman–Crippen LogP) is 2.66. The maximum atomic E-state index is 15.4. The van der Waals surface area contributed by atoms with Gasteiger partial charge < -0.3 is 35.2 Å². The molecule has 2 amide bonds. The summed E-state index contributed by atoms with van der Waals surface area (Å²) in [6.07, 6.45) is -0.768. The first-order chi connectivity index (χ1) is 18.5. The van der Waals surface area contributed by atoms with Crippen molar-refractivity contribution in [2.24, 2.45) is 5.73 Å². The molecule has 2 aromatic carbocycles. The van der Waals surface area contributed by atoms with Crippen LogP contribution in [0.5, 0.6) is 5.75 Å². The van der Waals surface area contributed by atoms with Crippen molar-refractivity contribution in [3.8, 4) is 5.75 Å². The first kappa shape index (κ1) is 28.6. The summed E-state index contributed by atoms with van der Waals surface area (Å²) in [6, 6.07) is 12.7. The lowest BCUT2D eigenvalue weighted by molar-refractivity contribution is -0.133. The Bertz CT molecular complexity index is 1200. The van der Waals surface area contributed by atoms with Gasteiger partial charge in [0.1, 0.15) is 17.7 Å². The fraction of sp³-hybridized carbons (Fsp3) is 0.464. The monoisotopic (exact) mass is 557 g/mol. The van der Waals surface area contributed by atoms with Gasteiger partial charge in [0.05, 0.1) is 17.2 Å². The second-order valence-corrected chi connectivity index (χ2v) is 11.1. The molecule has 2 fully saturated rings. The molecule has 2 atom stereocenters. The average molecular weight is 558 g/mol. The van der Waals surface area contributed by atoms with Crippen LogP contribution in [-0.4, -0.2) is 86.3 Å². The number of nitrogens with zero attached hydrogens (tertiary/aromatic N) is 3. The standard InChI is InChI=1S/C28H36FN5O4S/c1-28(15-25(30)39,24-16-31-27(36)38-24)20-6-9-23(22(29)14-20)33-10-12-34(13-11-33)26(35)18-37-21-7-4-19(5-8-21)17-32(2)3/h4-9,14,24H,10-13,15-18H2,1-3H3,(H2,30,39)(H,31,36). The number of piperazine rings is 1. The summed E-state index contributed by atoms with van der Waals surface area (Å²) in [7, 11) is 4.02. The van der Waals surface area contributed by atoms with E-state index in [0.29, 0.717) is 49.7 Å². The molecule has 3 N–H and O–H groups in total. The average Bonchev–Trinajstić information content (AvgIpc) is 3.34. The minimum absolute atomic E-state index is 0.0434. The number of cyclic esters (lactones) is 1. The highest BCUT2D eigenvalue weighted by molar-refractivity contribution is 7.80. The largest absolute Gasteiger partial charge is 0.484 e. The van der Waals surface area contributed by atoms with E-state index < -0.39 is 17.6 Å². The summed E-state index contributed by atoms with van der Waals surface area (Å²) in [5.74, 6) is 0.160. The normalized spacial score (nSPS) is 18.9. The fourth-order valence-corrected chi connectivity index (χ4v) is 5.42. The minimum Gasteiger partial charge on any atom is -0.484 e. The van der Waals surface area contributed by atoms with Crippen LogP contribution in [0.2, 0.25) is 0 Å². The lowest BCUT2D eigenvalue weighted by atomic mass is 9.74. The molecule has 9 nitrogen and oxygen atoms in total. The molecule has 2 aliphatic rings. The molecule has 39 heavy (non-hydrogen) atoms. The molecule has 2 unspecified atom stereocenters. The van der Waals surface area contributed by atoms with Crippen molar-refractivity contribution in [2.75, 3.05) is 58.3 Å². The number of hydrogen-bond donors (Lipinski definition) is 2. The molecular formula is C28H36FN5O4S. The third-order valence-electron chi connectivity index (χ3n) is 7.30. The quantitative estimate of drug-likeness (QED) is 0.430. The topological polar surface area (TPSA) is 100 Å². The van der Waals surface area contributed by atoms with Crippen molar-refractivity contribution < 1.29 is 23.5 Å². The number of benzene rings is 2. The molecule has 0 aliphatic carbocycles. The Kier molecular flexibility index (Phi) is 8.91. The summed E-state index contributed by atoms with van der Waals surface area (Å²) >= 11 is 5.14. The Morgan fingerprint density at radius 2 is 1.90 bits per heavy atom. The second kappa shape index (κ2) is 12.2. The molecule has 0 aromatic heterocycles. The number of amides is 2. The lowest BCUT2D eigenvalue weighted by Gasteiger charge is -2.37. The Labute approximate surface area is 234 Å². The van der Waals surface area contributed by atoms with Crippen molar-refractivity contribution in [3.05, 3.63) is 59.4 Å². The maximum absolute atomic E-state index is 15.4. The molecule has 2 aliphatic heterocycles. The van der Waals surface area contributed by atoms with Gasteiger partial charge >= 0.3 is 6.09 Å². The number of alkyl carbamates (subject to hydrolysis) is 1. The van der Waals surface area contributed by atoms with E-state index in [1.54, 1.807) is 11.0 Å². The van der Waals surface area contributed by atoms with E-state index in [2.05, 4.69) is 10.2 Å². The van der Waals surface area contributed by atoms with Crippen molar-refractivity contribution in [1.82, 2.24) is 15.1 Å². The van der Waals surface area contributed by atoms with Crippen LogP contribution in [0.3, 0.4) is 0 Å². The molecule has 2 aromatic rings. The lowest BCUT2D eigenvalue weighted by Crippen LogP contribution is -2.50. The smallest absolute Gasteiger partial charge is 0.407 e. The molecule has 0 radical (unpaired) electrons. The van der Waals surface area contributed by atoms with Gasteiger partial charge in [0.2, 0.25) is 0 Å². The number of thiocarbonyl (C=S) groups is 1. The summed E-state index contributed by atoms with van der Waals surface area (Å²) in [5.41, 5.74) is 7.34. The second-order valence-electron chi connectivity index (χ2n) is 10.5. The first-order valence-corrected chi connectivity index (χ1v) is 13.4. The van der Waals surface area contributed by atoms with Gasteiger partial charge in [-0.2, -0.15) is 0 Å². The molecule has 11 heteroatoms. The molecule has 2 saturated heterocycles. The van der Waals surface area contributed by atoms with Crippen LogP contribution in [0.4, 0.5) is 14.9 Å². The van der Waals surface area contributed by atoms with Crippen molar-refractivity contribution in [1.29, 1.82) is 0 Å². The van der Waals surface area contributed by atoms with Gasteiger partial charge in [-0.25, -0.2) is 9.18 Å². The summed E-state index contributed by atoms with van der Waals surface area (Å²) in [5, 5.41) is 2.65. The van der Waals surface area contributed by atoms with Crippen LogP contribution in [0.25, 0.3) is 0 Å². The Morgan fingerprint density at radius 3 is 2.46 bits per heavy atom. The van der Waals surface area contributed by atoms with E-state index in [4.69, 9.17) is 27.4 Å². The van der Waals surface area contributed by atoms with Crippen molar-refractivity contribution >= 4 is 34.9 Å². The SMILES string of the molecule is CN(C)Cc1ccc(OCC(=O)N2CCN(c3ccc(C(C)(CC(N)=S)C4CNC(=O)O4)cc3F)CC2)cc1. The van der Waals surface area contributed by atoms with Gasteiger partial charge in [-0.05, 0) is 49.5 Å². The number of carbonyl (C=O) groups excluding carboxylic acids is 2. The van der Waals surface area contributed by atoms with Crippen LogP contribution < -0.4 is 20.7 Å². The van der Waals surface area contributed by atoms with Crippen LogP contribution in [-0.2, 0) is 21.5 Å². The molecule has 4 rings (SSSR count). The van der Waals surface area contributed by atoms with E-state index in [1.165, 1.54) is 11.6 Å². The van der Waals surface area contributed by atoms with E-state index >= 15 is 4.39 Å². The summed E-state index contributed by atoms with van der Waals surface area (Å²) in [4.78, 5) is 30.4. The predicted molar refractivity (Wildman–Crippen MR) is 152 cm³/mol. The fourth-order valence-electron chi connectivity index (χ4n) is 5.12.